The van der Waals surface area contributed by atoms with Gasteiger partial charge in [-0.25, -0.2) is 4.79 Å². The number of hydrogen-bond donors (Lipinski definition) is 1. The van der Waals surface area contributed by atoms with Crippen molar-refractivity contribution in [2.45, 2.75) is 18.9 Å². The molecule has 0 saturated heterocycles. The fraction of sp³-hybridized carbons (Fsp3) is 0.500. The fourth-order valence-corrected chi connectivity index (χ4v) is 3.00. The molecule has 1 amide bonds. The number of nitrogens with zero attached hydrogens (tertiary/aromatic N) is 1. The van der Waals surface area contributed by atoms with Gasteiger partial charge in [0.1, 0.15) is 5.75 Å². The predicted octanol–water partition coefficient (Wildman–Crippen LogP) is 2.31. The van der Waals surface area contributed by atoms with Gasteiger partial charge in [0.25, 0.3) is 0 Å². The smallest absolute Gasteiger partial charge is 0.404 e. The molecule has 2 N–H and O–H groups in total. The first kappa shape index (κ1) is 15.0. The monoisotopic (exact) mass is 342 g/mol. The summed E-state index contributed by atoms with van der Waals surface area (Å²) < 4.78 is 10.1. The van der Waals surface area contributed by atoms with Crippen LogP contribution in [0.15, 0.2) is 18.2 Å². The van der Waals surface area contributed by atoms with E-state index in [-0.39, 0.29) is 0 Å². The Balaban J connectivity index is 2.10. The zero-order valence-corrected chi connectivity index (χ0v) is 13.1. The number of halogens is 1. The van der Waals surface area contributed by atoms with Gasteiger partial charge < -0.3 is 20.1 Å². The molecule has 1 aliphatic rings. The molecule has 6 heteroatoms. The number of amides is 1. The molecule has 20 heavy (non-hydrogen) atoms. The summed E-state index contributed by atoms with van der Waals surface area (Å²) in [7, 11) is 1.67. The molecule has 1 unspecified atom stereocenters. The van der Waals surface area contributed by atoms with Gasteiger partial charge in [-0.05, 0) is 18.1 Å². The van der Waals surface area contributed by atoms with Crippen molar-refractivity contribution in [3.63, 3.8) is 0 Å². The Labute approximate surface area is 127 Å². The molecule has 1 aromatic rings. The van der Waals surface area contributed by atoms with Crippen LogP contribution < -0.4 is 15.4 Å². The van der Waals surface area contributed by atoms with Crippen LogP contribution in [-0.4, -0.2) is 37.7 Å². The third-order valence-electron chi connectivity index (χ3n) is 3.52. The first-order valence-electron chi connectivity index (χ1n) is 6.57. The lowest BCUT2D eigenvalue weighted by molar-refractivity contribution is 0.152. The number of rotatable bonds is 6. The van der Waals surface area contributed by atoms with Crippen molar-refractivity contribution in [1.29, 1.82) is 0 Å². The standard InChI is InChI=1S/C14H19BrN2O3/c1-19-12-3-2-10-8-11(4-7-20-14(16)18)17(6-5-15)13(10)9-12/h2-3,9,11H,4-8H2,1H3,(H2,16,18). The number of anilines is 1. The Hall–Kier alpha value is -1.43. The zero-order chi connectivity index (χ0) is 14.5. The molecule has 5 nitrogen and oxygen atoms in total. The second kappa shape index (κ2) is 6.83. The zero-order valence-electron chi connectivity index (χ0n) is 11.5. The number of fused-ring (bicyclic) bond motifs is 1. The van der Waals surface area contributed by atoms with Crippen LogP contribution in [0, 0.1) is 0 Å². The van der Waals surface area contributed by atoms with Gasteiger partial charge in [0.15, 0.2) is 0 Å². The molecule has 0 spiro atoms. The lowest BCUT2D eigenvalue weighted by Gasteiger charge is -2.26. The molecule has 1 atom stereocenters. The quantitative estimate of drug-likeness (QED) is 0.805. The summed E-state index contributed by atoms with van der Waals surface area (Å²) in [6, 6.07) is 6.47. The van der Waals surface area contributed by atoms with E-state index in [2.05, 4.69) is 33.0 Å². The normalized spacial score (nSPS) is 16.9. The number of benzene rings is 1. The Kier molecular flexibility index (Phi) is 5.11. The van der Waals surface area contributed by atoms with E-state index in [0.717, 1.165) is 30.5 Å². The maximum absolute atomic E-state index is 10.6. The third kappa shape index (κ3) is 3.36. The van der Waals surface area contributed by atoms with Crippen molar-refractivity contribution < 1.29 is 14.3 Å². The molecule has 1 aromatic carbocycles. The number of alkyl halides is 1. The Morgan fingerprint density at radius 1 is 1.55 bits per heavy atom. The van der Waals surface area contributed by atoms with Crippen LogP contribution in [-0.2, 0) is 11.2 Å². The topological polar surface area (TPSA) is 64.8 Å². The van der Waals surface area contributed by atoms with Gasteiger partial charge in [-0.1, -0.05) is 22.0 Å². The number of carbonyl (C=O) groups excluding carboxylic acids is 1. The van der Waals surface area contributed by atoms with Crippen molar-refractivity contribution in [2.75, 3.05) is 30.5 Å². The van der Waals surface area contributed by atoms with Gasteiger partial charge in [0.2, 0.25) is 0 Å². The molecule has 1 aliphatic heterocycles. The molecule has 0 radical (unpaired) electrons. The van der Waals surface area contributed by atoms with E-state index in [4.69, 9.17) is 15.2 Å². The number of primary amides is 1. The van der Waals surface area contributed by atoms with Crippen LogP contribution in [0.1, 0.15) is 12.0 Å². The molecular formula is C14H19BrN2O3. The predicted molar refractivity (Wildman–Crippen MR) is 81.8 cm³/mol. The van der Waals surface area contributed by atoms with E-state index < -0.39 is 6.09 Å². The van der Waals surface area contributed by atoms with Crippen LogP contribution >= 0.6 is 15.9 Å². The third-order valence-corrected chi connectivity index (χ3v) is 3.87. The molecule has 1 heterocycles. The van der Waals surface area contributed by atoms with E-state index in [1.165, 1.54) is 11.3 Å². The van der Waals surface area contributed by atoms with Crippen molar-refractivity contribution >= 4 is 27.7 Å². The fourth-order valence-electron chi connectivity index (χ4n) is 2.62. The average Bonchev–Trinajstić information content (AvgIpc) is 2.76. The summed E-state index contributed by atoms with van der Waals surface area (Å²) in [6.07, 6.45) is 1.01. The lowest BCUT2D eigenvalue weighted by atomic mass is 10.1. The van der Waals surface area contributed by atoms with Crippen molar-refractivity contribution in [2.24, 2.45) is 5.73 Å². The SMILES string of the molecule is COc1ccc2c(c1)N(CCBr)C(CCOC(N)=O)C2. The van der Waals surface area contributed by atoms with Crippen LogP contribution in [0.5, 0.6) is 5.75 Å². The summed E-state index contributed by atoms with van der Waals surface area (Å²) >= 11 is 3.49. The molecule has 2 rings (SSSR count). The minimum Gasteiger partial charge on any atom is -0.497 e. The summed E-state index contributed by atoms with van der Waals surface area (Å²) in [5, 5.41) is 0.886. The molecular weight excluding hydrogens is 324 g/mol. The number of nitrogens with two attached hydrogens (primary N) is 1. The summed E-state index contributed by atoms with van der Waals surface area (Å²) in [5.74, 6) is 0.859. The van der Waals surface area contributed by atoms with Crippen LogP contribution in [0.2, 0.25) is 0 Å². The second-order valence-electron chi connectivity index (χ2n) is 4.69. The minimum absolute atomic E-state index is 0.328. The Morgan fingerprint density at radius 2 is 2.35 bits per heavy atom. The van der Waals surface area contributed by atoms with Gasteiger partial charge in [0, 0.05) is 36.1 Å². The van der Waals surface area contributed by atoms with Crippen LogP contribution in [0.3, 0.4) is 0 Å². The Bertz CT molecular complexity index is 481. The highest BCUT2D eigenvalue weighted by molar-refractivity contribution is 9.09. The highest BCUT2D eigenvalue weighted by Gasteiger charge is 2.29. The van der Waals surface area contributed by atoms with E-state index >= 15 is 0 Å². The number of methoxy groups -OCH3 is 1. The maximum atomic E-state index is 10.6. The summed E-state index contributed by atoms with van der Waals surface area (Å²) in [6.45, 7) is 1.26. The molecule has 0 aromatic heterocycles. The van der Waals surface area contributed by atoms with Gasteiger partial charge in [0.05, 0.1) is 13.7 Å². The number of ether oxygens (including phenoxy) is 2. The summed E-state index contributed by atoms with van der Waals surface area (Å²) in [5.41, 5.74) is 7.50. The maximum Gasteiger partial charge on any atom is 0.404 e. The van der Waals surface area contributed by atoms with Gasteiger partial charge in [-0.3, -0.25) is 0 Å². The first-order chi connectivity index (χ1) is 9.65. The van der Waals surface area contributed by atoms with E-state index in [1.54, 1.807) is 7.11 Å². The highest BCUT2D eigenvalue weighted by atomic mass is 79.9. The van der Waals surface area contributed by atoms with Crippen LogP contribution in [0.25, 0.3) is 0 Å². The van der Waals surface area contributed by atoms with Gasteiger partial charge in [-0.15, -0.1) is 0 Å². The number of hydrogen-bond acceptors (Lipinski definition) is 4. The highest BCUT2D eigenvalue weighted by Crippen LogP contribution is 2.36. The largest absolute Gasteiger partial charge is 0.497 e. The first-order valence-corrected chi connectivity index (χ1v) is 7.69. The van der Waals surface area contributed by atoms with Gasteiger partial charge >= 0.3 is 6.09 Å². The van der Waals surface area contributed by atoms with Crippen LogP contribution in [0.4, 0.5) is 10.5 Å². The van der Waals surface area contributed by atoms with Gasteiger partial charge in [-0.2, -0.15) is 0 Å². The van der Waals surface area contributed by atoms with Crippen molar-refractivity contribution in [3.05, 3.63) is 23.8 Å². The lowest BCUT2D eigenvalue weighted by Crippen LogP contribution is -2.35. The number of carbonyl (C=O) groups is 1. The van der Waals surface area contributed by atoms with E-state index in [1.807, 2.05) is 6.07 Å². The van der Waals surface area contributed by atoms with E-state index in [9.17, 15) is 4.79 Å². The molecule has 0 aliphatic carbocycles. The second-order valence-corrected chi connectivity index (χ2v) is 5.48. The van der Waals surface area contributed by atoms with Crippen molar-refractivity contribution in [3.8, 4) is 5.75 Å². The molecule has 110 valence electrons. The molecule has 0 bridgehead atoms. The minimum atomic E-state index is -0.714. The van der Waals surface area contributed by atoms with Crippen molar-refractivity contribution in [1.82, 2.24) is 0 Å². The molecule has 0 saturated carbocycles. The molecule has 0 fully saturated rings. The van der Waals surface area contributed by atoms with E-state index in [0.29, 0.717) is 12.6 Å². The average molecular weight is 343 g/mol. The Morgan fingerprint density at radius 3 is 3.00 bits per heavy atom. The summed E-state index contributed by atoms with van der Waals surface area (Å²) in [4.78, 5) is 13.0.